The highest BCUT2D eigenvalue weighted by Crippen LogP contribution is 2.27. The van der Waals surface area contributed by atoms with E-state index in [0.29, 0.717) is 30.8 Å². The molecule has 0 bridgehead atoms. The lowest BCUT2D eigenvalue weighted by Gasteiger charge is -2.29. The van der Waals surface area contributed by atoms with Crippen LogP contribution >= 0.6 is 0 Å². The molecule has 0 saturated carbocycles. The predicted molar refractivity (Wildman–Crippen MR) is 92.9 cm³/mol. The first-order valence-corrected chi connectivity index (χ1v) is 10.1. The zero-order valence-electron chi connectivity index (χ0n) is 14.0. The first-order valence-electron chi connectivity index (χ1n) is 8.48. The highest BCUT2D eigenvalue weighted by atomic mass is 32.2. The van der Waals surface area contributed by atoms with Crippen LogP contribution in [-0.4, -0.2) is 45.9 Å². The standard InChI is InChI=1S/C17H24N2O4S/c1-13-11-14(17(20)18-12-15-5-4-9-23-15)6-7-16(13)19-8-2-3-10-24(19,21)22/h6-7,11,15H,2-5,8-10,12H2,1H3,(H,18,20)/t15-/m1/s1. The first kappa shape index (κ1) is 17.2. The number of hydrogen-bond acceptors (Lipinski definition) is 4. The summed E-state index contributed by atoms with van der Waals surface area (Å²) in [5.74, 6) is 0.0393. The maximum atomic E-state index is 12.3. The van der Waals surface area contributed by atoms with E-state index in [1.165, 1.54) is 4.31 Å². The molecule has 1 atom stereocenters. The van der Waals surface area contributed by atoms with Crippen LogP contribution in [0.15, 0.2) is 18.2 Å². The first-order chi connectivity index (χ1) is 11.5. The number of sulfonamides is 1. The van der Waals surface area contributed by atoms with Gasteiger partial charge in [-0.25, -0.2) is 8.42 Å². The molecule has 1 amide bonds. The van der Waals surface area contributed by atoms with Crippen LogP contribution in [0.25, 0.3) is 0 Å². The molecular weight excluding hydrogens is 328 g/mol. The van der Waals surface area contributed by atoms with Gasteiger partial charge in [0.2, 0.25) is 10.0 Å². The SMILES string of the molecule is Cc1cc(C(=O)NC[C@H]2CCCO2)ccc1N1CCCCS1(=O)=O. The van der Waals surface area contributed by atoms with Crippen molar-refractivity contribution in [1.29, 1.82) is 0 Å². The predicted octanol–water partition coefficient (Wildman–Crippen LogP) is 1.83. The summed E-state index contributed by atoms with van der Waals surface area (Å²) >= 11 is 0. The highest BCUT2D eigenvalue weighted by molar-refractivity contribution is 7.92. The molecule has 1 aromatic rings. The van der Waals surface area contributed by atoms with Gasteiger partial charge >= 0.3 is 0 Å². The number of nitrogens with zero attached hydrogens (tertiary/aromatic N) is 1. The molecule has 2 aliphatic heterocycles. The number of nitrogens with one attached hydrogen (secondary N) is 1. The van der Waals surface area contributed by atoms with Gasteiger partial charge in [-0.05, 0) is 56.4 Å². The van der Waals surface area contributed by atoms with E-state index in [2.05, 4.69) is 5.32 Å². The molecule has 132 valence electrons. The number of amides is 1. The van der Waals surface area contributed by atoms with Crippen LogP contribution < -0.4 is 9.62 Å². The van der Waals surface area contributed by atoms with Crippen molar-refractivity contribution in [3.63, 3.8) is 0 Å². The summed E-state index contributed by atoms with van der Waals surface area (Å²) in [5, 5.41) is 2.89. The fraction of sp³-hybridized carbons (Fsp3) is 0.588. The number of carbonyl (C=O) groups is 1. The molecule has 0 radical (unpaired) electrons. The summed E-state index contributed by atoms with van der Waals surface area (Å²) in [4.78, 5) is 12.3. The molecule has 24 heavy (non-hydrogen) atoms. The zero-order chi connectivity index (χ0) is 17.2. The number of benzene rings is 1. The molecule has 3 rings (SSSR count). The van der Waals surface area contributed by atoms with Crippen LogP contribution in [0, 0.1) is 6.92 Å². The lowest BCUT2D eigenvalue weighted by molar-refractivity contribution is 0.0857. The Morgan fingerprint density at radius 2 is 2.17 bits per heavy atom. The average molecular weight is 352 g/mol. The summed E-state index contributed by atoms with van der Waals surface area (Å²) < 4.78 is 31.4. The number of hydrogen-bond donors (Lipinski definition) is 1. The minimum atomic E-state index is -3.24. The van der Waals surface area contributed by atoms with Crippen molar-refractivity contribution < 1.29 is 17.9 Å². The van der Waals surface area contributed by atoms with Crippen molar-refractivity contribution >= 4 is 21.6 Å². The van der Waals surface area contributed by atoms with Crippen molar-refractivity contribution in [2.24, 2.45) is 0 Å². The normalized spacial score (nSPS) is 23.2. The third-order valence-electron chi connectivity index (χ3n) is 4.59. The molecule has 2 fully saturated rings. The molecule has 7 heteroatoms. The second-order valence-corrected chi connectivity index (χ2v) is 8.45. The third-order valence-corrected chi connectivity index (χ3v) is 6.45. The quantitative estimate of drug-likeness (QED) is 0.897. The van der Waals surface area contributed by atoms with E-state index in [9.17, 15) is 13.2 Å². The summed E-state index contributed by atoms with van der Waals surface area (Å²) in [5.41, 5.74) is 2.01. The van der Waals surface area contributed by atoms with Crippen LogP contribution in [0.3, 0.4) is 0 Å². The summed E-state index contributed by atoms with van der Waals surface area (Å²) in [6, 6.07) is 5.18. The van der Waals surface area contributed by atoms with Gasteiger partial charge in [0.05, 0.1) is 17.5 Å². The van der Waals surface area contributed by atoms with E-state index < -0.39 is 10.0 Å². The Kier molecular flexibility index (Phi) is 5.10. The smallest absolute Gasteiger partial charge is 0.251 e. The van der Waals surface area contributed by atoms with E-state index in [0.717, 1.165) is 31.4 Å². The Hall–Kier alpha value is -1.60. The van der Waals surface area contributed by atoms with Crippen LogP contribution in [-0.2, 0) is 14.8 Å². The van der Waals surface area contributed by atoms with Gasteiger partial charge in [0.15, 0.2) is 0 Å². The van der Waals surface area contributed by atoms with Crippen LogP contribution in [0.5, 0.6) is 0 Å². The highest BCUT2D eigenvalue weighted by Gasteiger charge is 2.27. The fourth-order valence-corrected chi connectivity index (χ4v) is 4.95. The van der Waals surface area contributed by atoms with Gasteiger partial charge in [0.1, 0.15) is 0 Å². The molecule has 6 nitrogen and oxygen atoms in total. The molecule has 0 unspecified atom stereocenters. The van der Waals surface area contributed by atoms with E-state index in [-0.39, 0.29) is 17.8 Å². The van der Waals surface area contributed by atoms with Crippen molar-refractivity contribution in [2.45, 2.75) is 38.7 Å². The molecule has 1 aromatic carbocycles. The summed E-state index contributed by atoms with van der Waals surface area (Å²) in [6.45, 7) is 3.63. The monoisotopic (exact) mass is 352 g/mol. The second-order valence-electron chi connectivity index (χ2n) is 6.44. The maximum absolute atomic E-state index is 12.3. The Labute approximate surface area is 143 Å². The van der Waals surface area contributed by atoms with Crippen molar-refractivity contribution in [1.82, 2.24) is 5.32 Å². The summed E-state index contributed by atoms with van der Waals surface area (Å²) in [6.07, 6.45) is 3.70. The third kappa shape index (κ3) is 3.72. The topological polar surface area (TPSA) is 75.7 Å². The number of anilines is 1. The molecule has 0 aromatic heterocycles. The van der Waals surface area contributed by atoms with Crippen molar-refractivity contribution in [3.05, 3.63) is 29.3 Å². The van der Waals surface area contributed by atoms with E-state index in [1.807, 2.05) is 6.92 Å². The van der Waals surface area contributed by atoms with Crippen molar-refractivity contribution in [3.8, 4) is 0 Å². The van der Waals surface area contributed by atoms with Gasteiger partial charge < -0.3 is 10.1 Å². The largest absolute Gasteiger partial charge is 0.376 e. The number of carbonyl (C=O) groups excluding carboxylic acids is 1. The molecule has 0 spiro atoms. The Bertz CT molecular complexity index is 711. The van der Waals surface area contributed by atoms with Gasteiger partial charge in [-0.2, -0.15) is 0 Å². The Morgan fingerprint density at radius 3 is 2.83 bits per heavy atom. The molecule has 0 aliphatic carbocycles. The minimum Gasteiger partial charge on any atom is -0.376 e. The summed E-state index contributed by atoms with van der Waals surface area (Å²) in [7, 11) is -3.24. The maximum Gasteiger partial charge on any atom is 0.251 e. The van der Waals surface area contributed by atoms with E-state index >= 15 is 0 Å². The molecule has 2 saturated heterocycles. The lowest BCUT2D eigenvalue weighted by atomic mass is 10.1. The fourth-order valence-electron chi connectivity index (χ4n) is 3.25. The Morgan fingerprint density at radius 1 is 1.33 bits per heavy atom. The Balaban J connectivity index is 1.70. The van der Waals surface area contributed by atoms with Gasteiger partial charge in [-0.1, -0.05) is 0 Å². The number of rotatable bonds is 4. The van der Waals surface area contributed by atoms with E-state index in [1.54, 1.807) is 18.2 Å². The van der Waals surface area contributed by atoms with Crippen LogP contribution in [0.4, 0.5) is 5.69 Å². The number of ether oxygens (including phenoxy) is 1. The van der Waals surface area contributed by atoms with Gasteiger partial charge in [-0.15, -0.1) is 0 Å². The number of aryl methyl sites for hydroxylation is 1. The molecule has 2 aliphatic rings. The van der Waals surface area contributed by atoms with Crippen LogP contribution in [0.2, 0.25) is 0 Å². The molecule has 1 N–H and O–H groups in total. The molecule has 2 heterocycles. The molecular formula is C17H24N2O4S. The minimum absolute atomic E-state index is 0.104. The second kappa shape index (κ2) is 7.11. The van der Waals surface area contributed by atoms with Gasteiger partial charge in [0.25, 0.3) is 5.91 Å². The lowest BCUT2D eigenvalue weighted by Crippen LogP contribution is -2.38. The van der Waals surface area contributed by atoms with Crippen molar-refractivity contribution in [2.75, 3.05) is 29.8 Å². The average Bonchev–Trinajstić information content (AvgIpc) is 3.06. The van der Waals surface area contributed by atoms with Gasteiger partial charge in [-0.3, -0.25) is 9.10 Å². The van der Waals surface area contributed by atoms with E-state index in [4.69, 9.17) is 4.74 Å². The van der Waals surface area contributed by atoms with Gasteiger partial charge in [0, 0.05) is 25.3 Å². The van der Waals surface area contributed by atoms with Crippen LogP contribution in [0.1, 0.15) is 41.6 Å². The zero-order valence-corrected chi connectivity index (χ0v) is 14.8.